The minimum absolute atomic E-state index is 0.0268. The summed E-state index contributed by atoms with van der Waals surface area (Å²) in [7, 11) is 0. The quantitative estimate of drug-likeness (QED) is 0.847. The maximum atomic E-state index is 13.1. The molecule has 0 bridgehead atoms. The van der Waals surface area contributed by atoms with E-state index in [4.69, 9.17) is 9.84 Å². The van der Waals surface area contributed by atoms with Crippen LogP contribution in [0.25, 0.3) is 0 Å². The third-order valence-electron chi connectivity index (χ3n) is 2.30. The Hall–Kier alpha value is -0.910. The first-order valence-electron chi connectivity index (χ1n) is 5.12. The zero-order valence-corrected chi connectivity index (χ0v) is 12.3. The van der Waals surface area contributed by atoms with Crippen LogP contribution in [-0.2, 0) is 6.61 Å². The van der Waals surface area contributed by atoms with Crippen LogP contribution < -0.4 is 4.74 Å². The highest BCUT2D eigenvalue weighted by Gasteiger charge is 2.06. The third-order valence-corrected chi connectivity index (χ3v) is 3.53. The van der Waals surface area contributed by atoms with Gasteiger partial charge in [-0.25, -0.2) is 4.39 Å². The first-order chi connectivity index (χ1) is 8.60. The van der Waals surface area contributed by atoms with Crippen LogP contribution in [0.15, 0.2) is 45.3 Å². The maximum Gasteiger partial charge on any atom is 0.141 e. The Balaban J connectivity index is 2.25. The molecular weight excluding hydrogens is 367 g/mol. The van der Waals surface area contributed by atoms with E-state index in [9.17, 15) is 4.39 Å². The molecule has 0 aliphatic rings. The van der Waals surface area contributed by atoms with Gasteiger partial charge >= 0.3 is 0 Å². The second-order valence-corrected chi connectivity index (χ2v) is 5.31. The summed E-state index contributed by atoms with van der Waals surface area (Å²) in [6.07, 6.45) is 0. The van der Waals surface area contributed by atoms with E-state index in [0.29, 0.717) is 16.0 Å². The summed E-state index contributed by atoms with van der Waals surface area (Å²) < 4.78 is 19.8. The lowest BCUT2D eigenvalue weighted by Crippen LogP contribution is -1.89. The minimum Gasteiger partial charge on any atom is -0.456 e. The van der Waals surface area contributed by atoms with E-state index in [0.717, 1.165) is 10.0 Å². The molecule has 0 unspecified atom stereocenters. The van der Waals surface area contributed by atoms with E-state index in [2.05, 4.69) is 31.9 Å². The van der Waals surface area contributed by atoms with Crippen LogP contribution in [0.5, 0.6) is 11.5 Å². The Morgan fingerprint density at radius 2 is 1.83 bits per heavy atom. The van der Waals surface area contributed by atoms with Crippen LogP contribution in [0, 0.1) is 5.82 Å². The highest BCUT2D eigenvalue weighted by molar-refractivity contribution is 9.10. The van der Waals surface area contributed by atoms with Gasteiger partial charge in [-0.1, -0.05) is 6.07 Å². The number of hydrogen-bond acceptors (Lipinski definition) is 2. The van der Waals surface area contributed by atoms with Gasteiger partial charge in [0.15, 0.2) is 0 Å². The Bertz CT molecular complexity index is 573. The predicted molar refractivity (Wildman–Crippen MR) is 74.2 cm³/mol. The molecular formula is C13H9Br2FO2. The van der Waals surface area contributed by atoms with Crippen LogP contribution >= 0.6 is 31.9 Å². The van der Waals surface area contributed by atoms with Crippen molar-refractivity contribution in [1.82, 2.24) is 0 Å². The molecule has 0 heterocycles. The van der Waals surface area contributed by atoms with Gasteiger partial charge in [-0.05, 0) is 67.8 Å². The van der Waals surface area contributed by atoms with Gasteiger partial charge < -0.3 is 9.84 Å². The van der Waals surface area contributed by atoms with Crippen molar-refractivity contribution in [2.45, 2.75) is 6.61 Å². The fraction of sp³-hybridized carbons (Fsp3) is 0.0769. The van der Waals surface area contributed by atoms with Gasteiger partial charge in [0.1, 0.15) is 17.3 Å². The number of aliphatic hydroxyl groups excluding tert-OH is 1. The van der Waals surface area contributed by atoms with E-state index in [-0.39, 0.29) is 12.4 Å². The molecule has 0 saturated heterocycles. The molecule has 2 aromatic rings. The lowest BCUT2D eigenvalue weighted by atomic mass is 10.2. The molecule has 94 valence electrons. The van der Waals surface area contributed by atoms with E-state index >= 15 is 0 Å². The summed E-state index contributed by atoms with van der Waals surface area (Å²) >= 11 is 6.46. The van der Waals surface area contributed by atoms with Crippen LogP contribution in [0.2, 0.25) is 0 Å². The highest BCUT2D eigenvalue weighted by Crippen LogP contribution is 2.32. The average Bonchev–Trinajstić information content (AvgIpc) is 2.36. The van der Waals surface area contributed by atoms with Crippen molar-refractivity contribution in [1.29, 1.82) is 0 Å². The molecule has 18 heavy (non-hydrogen) atoms. The summed E-state index contributed by atoms with van der Waals surface area (Å²) in [5.41, 5.74) is 0.787. The zero-order valence-electron chi connectivity index (χ0n) is 9.16. The summed E-state index contributed by atoms with van der Waals surface area (Å²) in [5.74, 6) is 0.795. The molecule has 2 nitrogen and oxygen atoms in total. The van der Waals surface area contributed by atoms with Gasteiger partial charge in [-0.15, -0.1) is 0 Å². The number of ether oxygens (including phenoxy) is 1. The smallest absolute Gasteiger partial charge is 0.141 e. The number of benzene rings is 2. The molecule has 0 radical (unpaired) electrons. The summed E-state index contributed by atoms with van der Waals surface area (Å²) in [5, 5.41) is 9.00. The van der Waals surface area contributed by atoms with Gasteiger partial charge in [0.25, 0.3) is 0 Å². The summed E-state index contributed by atoms with van der Waals surface area (Å²) in [6.45, 7) is -0.0268. The summed E-state index contributed by atoms with van der Waals surface area (Å²) in [6, 6.07) is 9.71. The van der Waals surface area contributed by atoms with Crippen molar-refractivity contribution in [2.75, 3.05) is 0 Å². The standard InChI is InChI=1S/C13H9Br2FO2/c14-10-6-9(2-3-12(10)16)18-13-4-1-8(7-17)5-11(13)15/h1-6,17H,7H2. The molecule has 1 N–H and O–H groups in total. The molecule has 2 aromatic carbocycles. The number of rotatable bonds is 3. The topological polar surface area (TPSA) is 29.5 Å². The SMILES string of the molecule is OCc1ccc(Oc2ccc(F)c(Br)c2)c(Br)c1. The molecule has 0 atom stereocenters. The Labute approximate surface area is 121 Å². The average molecular weight is 376 g/mol. The summed E-state index contributed by atoms with van der Waals surface area (Å²) in [4.78, 5) is 0. The fourth-order valence-corrected chi connectivity index (χ4v) is 2.26. The first kappa shape index (κ1) is 13.5. The second-order valence-electron chi connectivity index (χ2n) is 3.60. The molecule has 5 heteroatoms. The molecule has 0 saturated carbocycles. The monoisotopic (exact) mass is 374 g/mol. The Morgan fingerprint density at radius 3 is 2.44 bits per heavy atom. The predicted octanol–water partition coefficient (Wildman–Crippen LogP) is 4.64. The Kier molecular flexibility index (Phi) is 4.37. The normalized spacial score (nSPS) is 10.4. The molecule has 0 aliphatic heterocycles. The van der Waals surface area contributed by atoms with Crippen molar-refractivity contribution >= 4 is 31.9 Å². The highest BCUT2D eigenvalue weighted by atomic mass is 79.9. The Morgan fingerprint density at radius 1 is 1.06 bits per heavy atom. The molecule has 0 aromatic heterocycles. The molecule has 0 aliphatic carbocycles. The molecule has 0 spiro atoms. The number of hydrogen-bond donors (Lipinski definition) is 1. The molecule has 2 rings (SSSR count). The van der Waals surface area contributed by atoms with Gasteiger partial charge in [0, 0.05) is 0 Å². The van der Waals surface area contributed by atoms with Crippen molar-refractivity contribution in [3.63, 3.8) is 0 Å². The van der Waals surface area contributed by atoms with E-state index < -0.39 is 0 Å². The van der Waals surface area contributed by atoms with Crippen molar-refractivity contribution in [3.8, 4) is 11.5 Å². The van der Waals surface area contributed by atoms with Gasteiger partial charge in [-0.3, -0.25) is 0 Å². The van der Waals surface area contributed by atoms with Gasteiger partial charge in [-0.2, -0.15) is 0 Å². The van der Waals surface area contributed by atoms with Crippen LogP contribution in [-0.4, -0.2) is 5.11 Å². The van der Waals surface area contributed by atoms with Crippen LogP contribution in [0.1, 0.15) is 5.56 Å². The lowest BCUT2D eigenvalue weighted by Gasteiger charge is -2.09. The maximum absolute atomic E-state index is 13.1. The van der Waals surface area contributed by atoms with Crippen LogP contribution in [0.4, 0.5) is 4.39 Å². The molecule has 0 fully saturated rings. The van der Waals surface area contributed by atoms with Gasteiger partial charge in [0.2, 0.25) is 0 Å². The van der Waals surface area contributed by atoms with E-state index in [1.807, 2.05) is 0 Å². The largest absolute Gasteiger partial charge is 0.456 e. The fourth-order valence-electron chi connectivity index (χ4n) is 1.39. The van der Waals surface area contributed by atoms with Crippen molar-refractivity contribution in [2.24, 2.45) is 0 Å². The second kappa shape index (κ2) is 5.82. The minimum atomic E-state index is -0.336. The number of aliphatic hydroxyl groups is 1. The first-order valence-corrected chi connectivity index (χ1v) is 6.71. The van der Waals surface area contributed by atoms with Gasteiger partial charge in [0.05, 0.1) is 15.6 Å². The van der Waals surface area contributed by atoms with Crippen LogP contribution in [0.3, 0.4) is 0 Å². The van der Waals surface area contributed by atoms with E-state index in [1.165, 1.54) is 6.07 Å². The van der Waals surface area contributed by atoms with Crippen molar-refractivity contribution in [3.05, 3.63) is 56.7 Å². The molecule has 0 amide bonds. The number of halogens is 3. The van der Waals surface area contributed by atoms with E-state index in [1.54, 1.807) is 30.3 Å². The lowest BCUT2D eigenvalue weighted by molar-refractivity contribution is 0.281. The zero-order chi connectivity index (χ0) is 13.1. The third kappa shape index (κ3) is 3.10. The van der Waals surface area contributed by atoms with Crippen molar-refractivity contribution < 1.29 is 14.2 Å².